The van der Waals surface area contributed by atoms with Crippen molar-refractivity contribution in [1.29, 1.82) is 0 Å². The highest BCUT2D eigenvalue weighted by molar-refractivity contribution is 6.17. The average Bonchev–Trinajstić information content (AvgIpc) is 3.63. The highest BCUT2D eigenvalue weighted by Gasteiger charge is 2.27. The Morgan fingerprint density at radius 1 is 0.375 bits per heavy atom. The van der Waals surface area contributed by atoms with Crippen molar-refractivity contribution >= 4 is 54.6 Å². The molecular weight excluding hydrogens is 585 g/mol. The highest BCUT2D eigenvalue weighted by Crippen LogP contribution is 2.46. The molecule has 0 unspecified atom stereocenters. The number of nitrogens with zero attached hydrogens (tertiary/aromatic N) is 4. The number of benzene rings is 7. The van der Waals surface area contributed by atoms with Gasteiger partial charge in [-0.25, -0.2) is 9.97 Å². The Labute approximate surface area is 275 Å². The van der Waals surface area contributed by atoms with Crippen LogP contribution in [0.5, 0.6) is 0 Å². The second-order valence-electron chi connectivity index (χ2n) is 12.6. The lowest BCUT2D eigenvalue weighted by Crippen LogP contribution is -2.02. The third kappa shape index (κ3) is 3.43. The quantitative estimate of drug-likeness (QED) is 0.195. The summed E-state index contributed by atoms with van der Waals surface area (Å²) in [4.78, 5) is 10.5. The molecule has 0 aliphatic carbocycles. The van der Waals surface area contributed by atoms with Crippen molar-refractivity contribution < 1.29 is 0 Å². The largest absolute Gasteiger partial charge is 0.309 e. The van der Waals surface area contributed by atoms with E-state index in [1.54, 1.807) is 0 Å². The summed E-state index contributed by atoms with van der Waals surface area (Å²) < 4.78 is 4.71. The summed E-state index contributed by atoms with van der Waals surface area (Å²) in [6.45, 7) is 0. The van der Waals surface area contributed by atoms with Gasteiger partial charge in [0.05, 0.1) is 33.1 Å². The summed E-state index contributed by atoms with van der Waals surface area (Å²) in [5.41, 5.74) is 14.4. The van der Waals surface area contributed by atoms with Gasteiger partial charge >= 0.3 is 0 Å². The van der Waals surface area contributed by atoms with E-state index in [9.17, 15) is 0 Å². The van der Waals surface area contributed by atoms with Crippen LogP contribution in [0.15, 0.2) is 158 Å². The molecule has 0 atom stereocenters. The fourth-order valence-electron chi connectivity index (χ4n) is 7.95. The zero-order valence-corrected chi connectivity index (χ0v) is 25.8. The first-order valence-electron chi connectivity index (χ1n) is 16.3. The topological polar surface area (TPSA) is 35.6 Å². The molecule has 7 aromatic carbocycles. The van der Waals surface area contributed by atoms with E-state index in [0.717, 1.165) is 33.6 Å². The van der Waals surface area contributed by atoms with E-state index >= 15 is 0 Å². The predicted molar refractivity (Wildman–Crippen MR) is 198 cm³/mol. The SMILES string of the molecule is c1ccc(-n2c3ccccc3c3cc(-c4ccc5c(c4)c4cccc6c4n5-c4nc5ccccc5nc4-c4ccccc4-6)ccc32)cc1. The third-order valence-corrected chi connectivity index (χ3v) is 10.0. The molecule has 1 aliphatic rings. The Morgan fingerprint density at radius 2 is 0.958 bits per heavy atom. The molecular formula is C44H26N4. The Kier molecular flexibility index (Phi) is 5.08. The standard InChI is InChI=1S/C44H26N4/c1-2-11-29(12-3-1)47-39-20-9-6-14-31(39)35-25-27(21-23-40(35)47)28-22-24-41-36(26-28)34-17-10-16-33-30-13-4-5-15-32(30)42-44(48(41)43(33)34)46-38-19-8-7-18-37(38)45-42/h1-26H. The van der Waals surface area contributed by atoms with E-state index in [2.05, 4.69) is 149 Å². The maximum absolute atomic E-state index is 5.29. The summed E-state index contributed by atoms with van der Waals surface area (Å²) in [6, 6.07) is 56.5. The first kappa shape index (κ1) is 25.6. The second kappa shape index (κ2) is 9.50. The minimum Gasteiger partial charge on any atom is -0.309 e. The van der Waals surface area contributed by atoms with Crippen molar-refractivity contribution in [2.45, 2.75) is 0 Å². The zero-order valence-electron chi connectivity index (χ0n) is 25.8. The molecule has 4 heterocycles. The molecule has 4 nitrogen and oxygen atoms in total. The van der Waals surface area contributed by atoms with Crippen LogP contribution in [-0.4, -0.2) is 19.1 Å². The van der Waals surface area contributed by atoms with Crippen LogP contribution < -0.4 is 0 Å². The maximum atomic E-state index is 5.29. The highest BCUT2D eigenvalue weighted by atomic mass is 15.1. The molecule has 0 spiro atoms. The molecule has 222 valence electrons. The first-order chi connectivity index (χ1) is 23.8. The molecule has 0 bridgehead atoms. The lowest BCUT2D eigenvalue weighted by molar-refractivity contribution is 1.09. The number of para-hydroxylation sites is 5. The van der Waals surface area contributed by atoms with Crippen LogP contribution in [0.2, 0.25) is 0 Å². The van der Waals surface area contributed by atoms with Crippen LogP contribution in [0.4, 0.5) is 0 Å². The van der Waals surface area contributed by atoms with Gasteiger partial charge < -0.3 is 4.57 Å². The fraction of sp³-hybridized carbons (Fsp3) is 0. The summed E-state index contributed by atoms with van der Waals surface area (Å²) in [7, 11) is 0. The Hall–Kier alpha value is -6.52. The molecule has 10 aromatic rings. The van der Waals surface area contributed by atoms with E-state index in [1.807, 2.05) is 18.2 Å². The van der Waals surface area contributed by atoms with Crippen LogP contribution in [0.3, 0.4) is 0 Å². The van der Waals surface area contributed by atoms with E-state index in [-0.39, 0.29) is 0 Å². The van der Waals surface area contributed by atoms with Gasteiger partial charge in [-0.2, -0.15) is 0 Å². The second-order valence-corrected chi connectivity index (χ2v) is 12.6. The van der Waals surface area contributed by atoms with E-state index in [1.165, 1.54) is 66.0 Å². The van der Waals surface area contributed by atoms with Gasteiger partial charge in [-0.15, -0.1) is 0 Å². The molecule has 48 heavy (non-hydrogen) atoms. The fourth-order valence-corrected chi connectivity index (χ4v) is 7.95. The minimum absolute atomic E-state index is 0.869. The van der Waals surface area contributed by atoms with Crippen LogP contribution in [-0.2, 0) is 0 Å². The van der Waals surface area contributed by atoms with E-state index in [0.29, 0.717) is 0 Å². The Morgan fingerprint density at radius 3 is 1.77 bits per heavy atom. The summed E-state index contributed by atoms with van der Waals surface area (Å²) in [6.07, 6.45) is 0. The van der Waals surface area contributed by atoms with Crippen LogP contribution >= 0.6 is 0 Å². The Bertz CT molecular complexity index is 2950. The Balaban J connectivity index is 1.18. The molecule has 0 fully saturated rings. The normalized spacial score (nSPS) is 12.2. The average molecular weight is 611 g/mol. The zero-order chi connectivity index (χ0) is 31.3. The number of fused-ring (bicyclic) bond motifs is 12. The van der Waals surface area contributed by atoms with Crippen molar-refractivity contribution in [1.82, 2.24) is 19.1 Å². The minimum atomic E-state index is 0.869. The maximum Gasteiger partial charge on any atom is 0.165 e. The smallest absolute Gasteiger partial charge is 0.165 e. The van der Waals surface area contributed by atoms with Crippen molar-refractivity contribution in [3.63, 3.8) is 0 Å². The van der Waals surface area contributed by atoms with Crippen LogP contribution in [0, 0.1) is 0 Å². The van der Waals surface area contributed by atoms with Crippen LogP contribution in [0.25, 0.3) is 99.7 Å². The van der Waals surface area contributed by atoms with Gasteiger partial charge in [0, 0.05) is 38.4 Å². The van der Waals surface area contributed by atoms with Crippen molar-refractivity contribution in [3.05, 3.63) is 158 Å². The lowest BCUT2D eigenvalue weighted by atomic mass is 9.96. The molecule has 1 aliphatic heterocycles. The van der Waals surface area contributed by atoms with Gasteiger partial charge in [0.25, 0.3) is 0 Å². The van der Waals surface area contributed by atoms with Gasteiger partial charge in [0.2, 0.25) is 0 Å². The van der Waals surface area contributed by atoms with E-state index in [4.69, 9.17) is 9.97 Å². The molecule has 0 saturated carbocycles. The summed E-state index contributed by atoms with van der Waals surface area (Å²) >= 11 is 0. The van der Waals surface area contributed by atoms with Crippen LogP contribution in [0.1, 0.15) is 0 Å². The third-order valence-electron chi connectivity index (χ3n) is 10.0. The van der Waals surface area contributed by atoms with Gasteiger partial charge in [0.15, 0.2) is 5.82 Å². The number of hydrogen-bond acceptors (Lipinski definition) is 2. The van der Waals surface area contributed by atoms with Gasteiger partial charge in [-0.05, 0) is 71.3 Å². The van der Waals surface area contributed by atoms with E-state index < -0.39 is 0 Å². The number of aromatic nitrogens is 4. The molecule has 3 aromatic heterocycles. The summed E-state index contributed by atoms with van der Waals surface area (Å²) in [5, 5.41) is 4.92. The predicted octanol–water partition coefficient (Wildman–Crippen LogP) is 11.1. The molecule has 0 amide bonds. The molecule has 0 N–H and O–H groups in total. The van der Waals surface area contributed by atoms with Crippen molar-refractivity contribution in [2.75, 3.05) is 0 Å². The summed E-state index contributed by atoms with van der Waals surface area (Å²) in [5.74, 6) is 0.869. The number of rotatable bonds is 2. The monoisotopic (exact) mass is 610 g/mol. The molecule has 4 heteroatoms. The lowest BCUT2D eigenvalue weighted by Gasteiger charge is -2.12. The van der Waals surface area contributed by atoms with Gasteiger partial charge in [-0.1, -0.05) is 103 Å². The van der Waals surface area contributed by atoms with Gasteiger partial charge in [0.1, 0.15) is 5.69 Å². The molecule has 0 saturated heterocycles. The molecule has 11 rings (SSSR count). The van der Waals surface area contributed by atoms with Crippen molar-refractivity contribution in [3.8, 4) is 45.0 Å². The molecule has 0 radical (unpaired) electrons. The number of hydrogen-bond donors (Lipinski definition) is 0. The van der Waals surface area contributed by atoms with Crippen molar-refractivity contribution in [2.24, 2.45) is 0 Å². The van der Waals surface area contributed by atoms with Gasteiger partial charge in [-0.3, -0.25) is 4.57 Å². The first-order valence-corrected chi connectivity index (χ1v) is 16.3.